The van der Waals surface area contributed by atoms with E-state index >= 15 is 0 Å². The first-order valence-corrected chi connectivity index (χ1v) is 24.8. The van der Waals surface area contributed by atoms with Gasteiger partial charge in [-0.15, -0.1) is 0 Å². The summed E-state index contributed by atoms with van der Waals surface area (Å²) in [5.74, 6) is -0.132. The third kappa shape index (κ3) is 9.82. The van der Waals surface area contributed by atoms with E-state index in [-0.39, 0.29) is 27.8 Å². The molecule has 4 aliphatic rings. The predicted octanol–water partition coefficient (Wildman–Crippen LogP) is 9.24. The van der Waals surface area contributed by atoms with Gasteiger partial charge in [0, 0.05) is 80.6 Å². The number of nitrogens with one attached hydrogen (secondary N) is 2. The number of nitro benzene ring substituents is 1. The van der Waals surface area contributed by atoms with E-state index in [2.05, 4.69) is 81.1 Å². The summed E-state index contributed by atoms with van der Waals surface area (Å²) in [7, 11) is -4.41. The highest BCUT2D eigenvalue weighted by molar-refractivity contribution is 7.90. The standard InChI is InChI=1S/C51H62N6O7S/c1-35(2)43-6-4-5-7-44(43)47-34-54(33-37-8-15-48-39(28-37)18-27-64-48)25-26-56(47)41-30-51(31-41)21-23-55(24-22-51)40-11-9-38(10-12-40)49(58)53-65(62,63)42-13-14-45(46(29-42)57(60)61)52-32-36-16-19-50(3,59)20-17-36/h4-15,18,27-29,35-36,41,47,52,59H,16-17,19-26,30-34H2,1-3H3,(H,53,58). The zero-order valence-corrected chi connectivity index (χ0v) is 38.6. The number of carbonyl (C=O) groups is 1. The number of fused-ring (bicyclic) bond motifs is 1. The molecule has 5 aromatic rings. The van der Waals surface area contributed by atoms with Crippen molar-refractivity contribution in [3.63, 3.8) is 0 Å². The molecule has 1 unspecified atom stereocenters. The molecule has 344 valence electrons. The Balaban J connectivity index is 0.793. The summed E-state index contributed by atoms with van der Waals surface area (Å²) in [6.07, 6.45) is 9.22. The molecule has 2 aliphatic heterocycles. The fraction of sp³-hybridized carbons (Fsp3) is 0.471. The first-order valence-electron chi connectivity index (χ1n) is 23.3. The molecule has 4 fully saturated rings. The second-order valence-corrected chi connectivity index (χ2v) is 21.5. The lowest BCUT2D eigenvalue weighted by Crippen LogP contribution is -2.60. The lowest BCUT2D eigenvalue weighted by atomic mass is 9.59. The molecule has 0 radical (unpaired) electrons. The van der Waals surface area contributed by atoms with Crippen molar-refractivity contribution in [1.29, 1.82) is 0 Å². The Hall–Kier alpha value is -5.28. The van der Waals surface area contributed by atoms with E-state index in [9.17, 15) is 28.4 Å². The summed E-state index contributed by atoms with van der Waals surface area (Å²) in [5, 5.41) is 26.5. The van der Waals surface area contributed by atoms with Crippen molar-refractivity contribution in [2.75, 3.05) is 49.5 Å². The number of nitro groups is 1. The summed E-state index contributed by atoms with van der Waals surface area (Å²) < 4.78 is 34.4. The number of furan rings is 1. The molecule has 13 nitrogen and oxygen atoms in total. The van der Waals surface area contributed by atoms with Crippen LogP contribution in [0.5, 0.6) is 0 Å². The molecular formula is C51H62N6O7S. The van der Waals surface area contributed by atoms with E-state index in [0.29, 0.717) is 42.8 Å². The van der Waals surface area contributed by atoms with Crippen LogP contribution in [0.25, 0.3) is 11.0 Å². The zero-order valence-electron chi connectivity index (χ0n) is 37.7. The normalized spacial score (nSPS) is 23.1. The van der Waals surface area contributed by atoms with Gasteiger partial charge in [-0.2, -0.15) is 0 Å². The largest absolute Gasteiger partial charge is 0.464 e. The van der Waals surface area contributed by atoms with Crippen LogP contribution in [-0.2, 0) is 16.6 Å². The van der Waals surface area contributed by atoms with Gasteiger partial charge in [0.2, 0.25) is 0 Å². The summed E-state index contributed by atoms with van der Waals surface area (Å²) >= 11 is 0. The van der Waals surface area contributed by atoms with Crippen LogP contribution in [0.1, 0.15) is 111 Å². The molecule has 3 heterocycles. The van der Waals surface area contributed by atoms with Crippen LogP contribution in [0.2, 0.25) is 0 Å². The van der Waals surface area contributed by atoms with Crippen molar-refractivity contribution in [2.24, 2.45) is 11.3 Å². The van der Waals surface area contributed by atoms with Crippen LogP contribution in [0.4, 0.5) is 17.1 Å². The molecule has 3 N–H and O–H groups in total. The van der Waals surface area contributed by atoms with E-state index in [0.717, 1.165) is 87.7 Å². The number of piperidine rings is 1. The molecule has 65 heavy (non-hydrogen) atoms. The monoisotopic (exact) mass is 902 g/mol. The van der Waals surface area contributed by atoms with Crippen molar-refractivity contribution in [2.45, 2.75) is 107 Å². The van der Waals surface area contributed by atoms with Crippen molar-refractivity contribution in [3.05, 3.63) is 130 Å². The number of nitrogens with zero attached hydrogens (tertiary/aromatic N) is 4. The van der Waals surface area contributed by atoms with Gasteiger partial charge in [-0.1, -0.05) is 44.2 Å². The van der Waals surface area contributed by atoms with Crippen LogP contribution >= 0.6 is 0 Å². The Bertz CT molecular complexity index is 2620. The second kappa shape index (κ2) is 18.2. The molecule has 2 aliphatic carbocycles. The second-order valence-electron chi connectivity index (χ2n) is 19.9. The molecule has 2 saturated carbocycles. The lowest BCUT2D eigenvalue weighted by Gasteiger charge is -2.58. The number of sulfonamides is 1. The Labute approximate surface area is 382 Å². The number of carbonyl (C=O) groups excluding carboxylic acids is 1. The van der Waals surface area contributed by atoms with Crippen molar-refractivity contribution < 1.29 is 27.7 Å². The van der Waals surface area contributed by atoms with E-state index in [1.807, 2.05) is 25.1 Å². The number of hydrogen-bond donors (Lipinski definition) is 3. The molecule has 1 spiro atoms. The van der Waals surface area contributed by atoms with Crippen LogP contribution in [0.3, 0.4) is 0 Å². The number of anilines is 2. The summed E-state index contributed by atoms with van der Waals surface area (Å²) in [6, 6.07) is 29.1. The summed E-state index contributed by atoms with van der Waals surface area (Å²) in [5.41, 5.74) is 5.74. The summed E-state index contributed by atoms with van der Waals surface area (Å²) in [4.78, 5) is 32.0. The minimum atomic E-state index is -4.41. The van der Waals surface area contributed by atoms with Gasteiger partial charge in [0.25, 0.3) is 21.6 Å². The molecule has 1 aromatic heterocycles. The zero-order chi connectivity index (χ0) is 45.5. The fourth-order valence-electron chi connectivity index (χ4n) is 11.0. The minimum Gasteiger partial charge on any atom is -0.464 e. The highest BCUT2D eigenvalue weighted by Gasteiger charge is 2.50. The van der Waals surface area contributed by atoms with Gasteiger partial charge in [-0.3, -0.25) is 24.7 Å². The number of amides is 1. The Morgan fingerprint density at radius 2 is 1.66 bits per heavy atom. The third-order valence-electron chi connectivity index (χ3n) is 15.0. The molecule has 0 bridgehead atoms. The van der Waals surface area contributed by atoms with Crippen LogP contribution in [0.15, 0.2) is 107 Å². The Morgan fingerprint density at radius 3 is 2.38 bits per heavy atom. The molecule has 4 aromatic carbocycles. The fourth-order valence-corrected chi connectivity index (χ4v) is 12.0. The molecule has 14 heteroatoms. The molecule has 2 saturated heterocycles. The average Bonchev–Trinajstić information content (AvgIpc) is 3.76. The maximum atomic E-state index is 13.3. The number of hydrogen-bond acceptors (Lipinski definition) is 11. The third-order valence-corrected chi connectivity index (χ3v) is 16.3. The van der Waals surface area contributed by atoms with E-state index in [1.54, 1.807) is 18.4 Å². The average molecular weight is 903 g/mol. The van der Waals surface area contributed by atoms with Gasteiger partial charge >= 0.3 is 0 Å². The highest BCUT2D eigenvalue weighted by Crippen LogP contribution is 2.53. The predicted molar refractivity (Wildman–Crippen MR) is 254 cm³/mol. The van der Waals surface area contributed by atoms with E-state index < -0.39 is 26.5 Å². The van der Waals surface area contributed by atoms with E-state index in [1.165, 1.54) is 41.7 Å². The van der Waals surface area contributed by atoms with Gasteiger partial charge in [0.05, 0.1) is 21.7 Å². The quantitative estimate of drug-likeness (QED) is 0.0763. The van der Waals surface area contributed by atoms with Crippen LogP contribution < -0.4 is 14.9 Å². The lowest BCUT2D eigenvalue weighted by molar-refractivity contribution is -0.384. The molecule has 1 amide bonds. The Kier molecular flexibility index (Phi) is 12.6. The SMILES string of the molecule is CC(C)c1ccccc1C1CN(Cc2ccc3occc3c2)CCN1C1CC2(CCN(c3ccc(C(=O)NS(=O)(=O)c4ccc(NCC5CCC(C)(O)CC5)c([N+](=O)[O-])c4)cc3)CC2)C1. The number of piperazine rings is 1. The van der Waals surface area contributed by atoms with Crippen LogP contribution in [0, 0.1) is 21.4 Å². The summed E-state index contributed by atoms with van der Waals surface area (Å²) in [6.45, 7) is 12.7. The van der Waals surface area contributed by atoms with Crippen molar-refractivity contribution in [3.8, 4) is 0 Å². The minimum absolute atomic E-state index is 0.180. The van der Waals surface area contributed by atoms with Crippen molar-refractivity contribution in [1.82, 2.24) is 14.5 Å². The number of aliphatic hydroxyl groups is 1. The first kappa shape index (κ1) is 44.9. The van der Waals surface area contributed by atoms with Crippen molar-refractivity contribution >= 4 is 44.0 Å². The van der Waals surface area contributed by atoms with Gasteiger partial charge in [-0.25, -0.2) is 13.1 Å². The highest BCUT2D eigenvalue weighted by atomic mass is 32.2. The first-order chi connectivity index (χ1) is 31.1. The molecular weight excluding hydrogens is 841 g/mol. The molecule has 1 atom stereocenters. The van der Waals surface area contributed by atoms with E-state index in [4.69, 9.17) is 4.42 Å². The maximum absolute atomic E-state index is 13.3. The molecule has 9 rings (SSSR count). The number of benzene rings is 4. The Morgan fingerprint density at radius 1 is 0.923 bits per heavy atom. The smallest absolute Gasteiger partial charge is 0.293 e. The van der Waals surface area contributed by atoms with Gasteiger partial charge in [0.15, 0.2) is 0 Å². The van der Waals surface area contributed by atoms with Crippen LogP contribution in [-0.4, -0.2) is 85.1 Å². The van der Waals surface area contributed by atoms with Gasteiger partial charge in [0.1, 0.15) is 11.3 Å². The number of rotatable bonds is 13. The van der Waals surface area contributed by atoms with Gasteiger partial charge in [-0.05, 0) is 147 Å². The topological polar surface area (TPSA) is 162 Å². The van der Waals surface area contributed by atoms with Gasteiger partial charge < -0.3 is 19.7 Å². The maximum Gasteiger partial charge on any atom is 0.293 e.